The lowest BCUT2D eigenvalue weighted by molar-refractivity contribution is -0.126. The van der Waals surface area contributed by atoms with Gasteiger partial charge in [-0.3, -0.25) is 4.79 Å². The molecule has 0 saturated carbocycles. The third-order valence-corrected chi connectivity index (χ3v) is 3.92. The van der Waals surface area contributed by atoms with Crippen LogP contribution >= 0.6 is 0 Å². The molecule has 2 aliphatic rings. The van der Waals surface area contributed by atoms with Crippen molar-refractivity contribution in [1.82, 2.24) is 15.5 Å². The molecule has 0 aliphatic carbocycles. The highest BCUT2D eigenvalue weighted by molar-refractivity contribution is 5.79. The van der Waals surface area contributed by atoms with E-state index in [2.05, 4.69) is 29.5 Å². The van der Waals surface area contributed by atoms with Crippen molar-refractivity contribution in [3.05, 3.63) is 0 Å². The fourth-order valence-electron chi connectivity index (χ4n) is 2.62. The Bertz CT molecular complexity index is 249. The van der Waals surface area contributed by atoms with Crippen molar-refractivity contribution in [2.24, 2.45) is 11.8 Å². The number of hydrogen-bond donors (Lipinski definition) is 2. The van der Waals surface area contributed by atoms with E-state index < -0.39 is 0 Å². The molecule has 2 fully saturated rings. The van der Waals surface area contributed by atoms with Gasteiger partial charge < -0.3 is 15.5 Å². The summed E-state index contributed by atoms with van der Waals surface area (Å²) in [6.07, 6.45) is 2.19. The van der Waals surface area contributed by atoms with Crippen molar-refractivity contribution in [3.63, 3.8) is 0 Å². The largest absolute Gasteiger partial charge is 0.353 e. The molecule has 1 amide bonds. The van der Waals surface area contributed by atoms with Crippen LogP contribution in [0, 0.1) is 11.8 Å². The van der Waals surface area contributed by atoms with Gasteiger partial charge in [-0.15, -0.1) is 0 Å². The molecule has 0 bridgehead atoms. The minimum absolute atomic E-state index is 0.180. The Morgan fingerprint density at radius 2 is 2.00 bits per heavy atom. The summed E-state index contributed by atoms with van der Waals surface area (Å²) in [5, 5.41) is 6.48. The summed E-state index contributed by atoms with van der Waals surface area (Å²) >= 11 is 0. The minimum Gasteiger partial charge on any atom is -0.353 e. The molecule has 2 N–H and O–H groups in total. The Balaban J connectivity index is 1.78. The van der Waals surface area contributed by atoms with Gasteiger partial charge in [0.25, 0.3) is 0 Å². The molecule has 2 unspecified atom stereocenters. The van der Waals surface area contributed by atoms with Crippen molar-refractivity contribution in [2.75, 3.05) is 33.2 Å². The number of carbonyl (C=O) groups excluding carboxylic acids is 1. The number of hydrogen-bond acceptors (Lipinski definition) is 3. The lowest BCUT2D eigenvalue weighted by atomic mass is 9.96. The normalized spacial score (nSPS) is 32.9. The third-order valence-electron chi connectivity index (χ3n) is 3.92. The number of nitrogens with zero attached hydrogens (tertiary/aromatic N) is 1. The summed E-state index contributed by atoms with van der Waals surface area (Å²) in [6, 6.07) is 0.400. The molecule has 4 heteroatoms. The van der Waals surface area contributed by atoms with E-state index in [-0.39, 0.29) is 11.8 Å². The van der Waals surface area contributed by atoms with Crippen LogP contribution < -0.4 is 10.6 Å². The number of rotatable bonds is 2. The fraction of sp³-hybridized carbons (Fsp3) is 0.917. The molecule has 2 heterocycles. The van der Waals surface area contributed by atoms with Crippen LogP contribution in [0.15, 0.2) is 0 Å². The van der Waals surface area contributed by atoms with Gasteiger partial charge in [0.05, 0.1) is 5.92 Å². The van der Waals surface area contributed by atoms with E-state index >= 15 is 0 Å². The second-order valence-corrected chi connectivity index (χ2v) is 5.33. The highest BCUT2D eigenvalue weighted by atomic mass is 16.2. The zero-order valence-electron chi connectivity index (χ0n) is 10.3. The van der Waals surface area contributed by atoms with Crippen LogP contribution in [0.4, 0.5) is 0 Å². The van der Waals surface area contributed by atoms with Gasteiger partial charge in [0.1, 0.15) is 0 Å². The summed E-state index contributed by atoms with van der Waals surface area (Å²) in [5.74, 6) is 0.915. The van der Waals surface area contributed by atoms with E-state index in [4.69, 9.17) is 0 Å². The summed E-state index contributed by atoms with van der Waals surface area (Å²) in [4.78, 5) is 14.4. The summed E-state index contributed by atoms with van der Waals surface area (Å²) in [5.41, 5.74) is 0. The Morgan fingerprint density at radius 3 is 2.56 bits per heavy atom. The quantitative estimate of drug-likeness (QED) is 0.698. The van der Waals surface area contributed by atoms with Crippen LogP contribution in [0.1, 0.15) is 19.8 Å². The summed E-state index contributed by atoms with van der Waals surface area (Å²) in [7, 11) is 2.14. The molecular weight excluding hydrogens is 202 g/mol. The highest BCUT2D eigenvalue weighted by Gasteiger charge is 2.31. The molecule has 92 valence electrons. The number of likely N-dealkylation sites (tertiary alicyclic amines) is 1. The molecule has 2 saturated heterocycles. The zero-order valence-corrected chi connectivity index (χ0v) is 10.3. The third kappa shape index (κ3) is 2.74. The van der Waals surface area contributed by atoms with Gasteiger partial charge >= 0.3 is 0 Å². The molecule has 0 aromatic heterocycles. The Morgan fingerprint density at radius 1 is 1.31 bits per heavy atom. The zero-order chi connectivity index (χ0) is 11.5. The molecular formula is C12H23N3O. The molecule has 2 rings (SSSR count). The number of carbonyl (C=O) groups is 1. The van der Waals surface area contributed by atoms with Crippen molar-refractivity contribution in [1.29, 1.82) is 0 Å². The van der Waals surface area contributed by atoms with Crippen molar-refractivity contribution in [2.45, 2.75) is 25.8 Å². The highest BCUT2D eigenvalue weighted by Crippen LogP contribution is 2.17. The lowest BCUT2D eigenvalue weighted by Gasteiger charge is -2.30. The van der Waals surface area contributed by atoms with Crippen molar-refractivity contribution < 1.29 is 4.79 Å². The lowest BCUT2D eigenvalue weighted by Crippen LogP contribution is -2.46. The van der Waals surface area contributed by atoms with Gasteiger partial charge in [-0.1, -0.05) is 6.92 Å². The number of piperidine rings is 1. The monoisotopic (exact) mass is 225 g/mol. The van der Waals surface area contributed by atoms with Gasteiger partial charge in [-0.25, -0.2) is 0 Å². The second-order valence-electron chi connectivity index (χ2n) is 5.33. The topological polar surface area (TPSA) is 44.4 Å². The predicted octanol–water partition coefficient (Wildman–Crippen LogP) is 0.0523. The molecule has 0 aromatic carbocycles. The van der Waals surface area contributed by atoms with E-state index in [0.717, 1.165) is 39.0 Å². The van der Waals surface area contributed by atoms with Gasteiger partial charge in [0.2, 0.25) is 5.91 Å². The van der Waals surface area contributed by atoms with E-state index in [1.165, 1.54) is 0 Å². The van der Waals surface area contributed by atoms with E-state index in [0.29, 0.717) is 12.0 Å². The SMILES string of the molecule is CC1CNCC1C(=O)NC1CCN(C)CC1. The van der Waals surface area contributed by atoms with Crippen LogP contribution in [-0.4, -0.2) is 50.1 Å². The Hall–Kier alpha value is -0.610. The Kier molecular flexibility index (Phi) is 3.82. The smallest absolute Gasteiger partial charge is 0.224 e. The Labute approximate surface area is 97.8 Å². The molecule has 2 atom stereocenters. The second kappa shape index (κ2) is 5.15. The average Bonchev–Trinajstić information content (AvgIpc) is 2.68. The maximum absolute atomic E-state index is 12.0. The van der Waals surface area contributed by atoms with Gasteiger partial charge in [-0.05, 0) is 45.4 Å². The molecule has 2 aliphatic heterocycles. The average molecular weight is 225 g/mol. The predicted molar refractivity (Wildman–Crippen MR) is 64.2 cm³/mol. The summed E-state index contributed by atoms with van der Waals surface area (Å²) < 4.78 is 0. The standard InChI is InChI=1S/C12H23N3O/c1-9-7-13-8-11(9)12(16)14-10-3-5-15(2)6-4-10/h9-11,13H,3-8H2,1-2H3,(H,14,16). The van der Waals surface area contributed by atoms with E-state index in [9.17, 15) is 4.79 Å². The van der Waals surface area contributed by atoms with Crippen LogP contribution in [0.25, 0.3) is 0 Å². The summed E-state index contributed by atoms with van der Waals surface area (Å²) in [6.45, 7) is 6.18. The molecule has 0 aromatic rings. The minimum atomic E-state index is 0.180. The fourth-order valence-corrected chi connectivity index (χ4v) is 2.62. The van der Waals surface area contributed by atoms with Gasteiger partial charge in [0, 0.05) is 12.6 Å². The number of nitrogens with one attached hydrogen (secondary N) is 2. The molecule has 0 spiro atoms. The molecule has 4 nitrogen and oxygen atoms in total. The maximum Gasteiger partial charge on any atom is 0.224 e. The number of amides is 1. The first kappa shape index (κ1) is 11.9. The van der Waals surface area contributed by atoms with E-state index in [1.54, 1.807) is 0 Å². The first-order valence-electron chi connectivity index (χ1n) is 6.36. The van der Waals surface area contributed by atoms with Crippen LogP contribution in [-0.2, 0) is 4.79 Å². The van der Waals surface area contributed by atoms with Gasteiger partial charge in [0.15, 0.2) is 0 Å². The first-order valence-corrected chi connectivity index (χ1v) is 6.36. The van der Waals surface area contributed by atoms with Crippen LogP contribution in [0.5, 0.6) is 0 Å². The van der Waals surface area contributed by atoms with Crippen molar-refractivity contribution in [3.8, 4) is 0 Å². The first-order chi connectivity index (χ1) is 7.66. The molecule has 16 heavy (non-hydrogen) atoms. The van der Waals surface area contributed by atoms with Crippen LogP contribution in [0.3, 0.4) is 0 Å². The molecule has 0 radical (unpaired) electrons. The van der Waals surface area contributed by atoms with Gasteiger partial charge in [-0.2, -0.15) is 0 Å². The maximum atomic E-state index is 12.0. The van der Waals surface area contributed by atoms with E-state index in [1.807, 2.05) is 0 Å². The van der Waals surface area contributed by atoms with Crippen LogP contribution in [0.2, 0.25) is 0 Å². The van der Waals surface area contributed by atoms with Crippen molar-refractivity contribution >= 4 is 5.91 Å².